The number of hydrogen-bond acceptors (Lipinski definition) is 6. The molecule has 0 saturated carbocycles. The molecule has 0 bridgehead atoms. The molecule has 2 aliphatic rings. The summed E-state index contributed by atoms with van der Waals surface area (Å²) in [5, 5.41) is 14.6. The predicted octanol–water partition coefficient (Wildman–Crippen LogP) is 11.9. The third kappa shape index (κ3) is 4.36. The first-order valence-corrected chi connectivity index (χ1v) is 20.4. The summed E-state index contributed by atoms with van der Waals surface area (Å²) in [7, 11) is 0. The molecule has 2 aliphatic heterocycles. The lowest BCUT2D eigenvalue weighted by atomic mass is 9.78. The van der Waals surface area contributed by atoms with Crippen LogP contribution in [0.15, 0.2) is 131 Å². The standard InChI is InChI=1S/C48H30N2O4S2/c1-25(27-9-5-3-6-10-27)49-45(51)33-15-13-31-40-36(30-18-20-56-24-30)22-38-42-34(46(52)50(48(38)54)26(2)28-11-7-4-8-12-28)16-14-32(44(40)42)39-35(29-17-19-55-23-29)21-37(47(49)53)41(33)43(31)39/h3-26H,1-2H3/t25-,26-/m0/s1. The fourth-order valence-electron chi connectivity index (χ4n) is 9.26. The molecular formula is C48H30N2O4S2. The second-order valence-corrected chi connectivity index (χ2v) is 16.2. The van der Waals surface area contributed by atoms with Gasteiger partial charge in [0.15, 0.2) is 0 Å². The molecule has 0 N–H and O–H groups in total. The van der Waals surface area contributed by atoms with Gasteiger partial charge >= 0.3 is 0 Å². The van der Waals surface area contributed by atoms with Crippen LogP contribution in [-0.2, 0) is 0 Å². The van der Waals surface area contributed by atoms with Crippen LogP contribution in [0.2, 0.25) is 0 Å². The fraction of sp³-hybridized carbons (Fsp3) is 0.0833. The van der Waals surface area contributed by atoms with E-state index in [-0.39, 0.29) is 23.6 Å². The third-order valence-electron chi connectivity index (χ3n) is 11.9. The molecule has 0 spiro atoms. The molecule has 9 aromatic rings. The Bertz CT molecular complexity index is 2920. The van der Waals surface area contributed by atoms with E-state index in [1.54, 1.807) is 22.7 Å². The van der Waals surface area contributed by atoms with Crippen LogP contribution in [0.1, 0.15) is 78.5 Å². The monoisotopic (exact) mass is 762 g/mol. The maximum absolute atomic E-state index is 14.8. The van der Waals surface area contributed by atoms with Gasteiger partial charge in [0, 0.05) is 33.0 Å². The number of fused-ring (bicyclic) bond motifs is 2. The summed E-state index contributed by atoms with van der Waals surface area (Å²) in [4.78, 5) is 61.5. The number of nitrogens with zero attached hydrogens (tertiary/aromatic N) is 2. The average molecular weight is 763 g/mol. The van der Waals surface area contributed by atoms with Crippen LogP contribution in [-0.4, -0.2) is 33.4 Å². The Labute approximate surface area is 329 Å². The molecule has 6 nitrogen and oxygen atoms in total. The van der Waals surface area contributed by atoms with Gasteiger partial charge in [-0.3, -0.25) is 29.0 Å². The number of amides is 4. The first-order valence-electron chi connectivity index (χ1n) is 18.5. The van der Waals surface area contributed by atoms with Crippen LogP contribution in [0.3, 0.4) is 0 Å². The van der Waals surface area contributed by atoms with Gasteiger partial charge < -0.3 is 0 Å². The van der Waals surface area contributed by atoms with Gasteiger partial charge in [0.05, 0.1) is 12.1 Å². The fourth-order valence-corrected chi connectivity index (χ4v) is 10.6. The van der Waals surface area contributed by atoms with Crippen molar-refractivity contribution in [3.05, 3.63) is 164 Å². The van der Waals surface area contributed by atoms with Crippen LogP contribution >= 0.6 is 22.7 Å². The van der Waals surface area contributed by atoms with Crippen LogP contribution in [0, 0.1) is 0 Å². The number of hydrogen-bond donors (Lipinski definition) is 0. The number of benzene rings is 7. The first-order chi connectivity index (χ1) is 27.3. The molecule has 4 heterocycles. The van der Waals surface area contributed by atoms with Crippen molar-refractivity contribution in [2.24, 2.45) is 0 Å². The minimum absolute atomic E-state index is 0.336. The summed E-state index contributed by atoms with van der Waals surface area (Å²) in [6.07, 6.45) is 0. The van der Waals surface area contributed by atoms with E-state index in [4.69, 9.17) is 0 Å². The average Bonchev–Trinajstić information content (AvgIpc) is 3.98. The van der Waals surface area contributed by atoms with Gasteiger partial charge in [-0.1, -0.05) is 72.8 Å². The van der Waals surface area contributed by atoms with E-state index >= 15 is 0 Å². The van der Waals surface area contributed by atoms with Crippen LogP contribution < -0.4 is 0 Å². The molecule has 2 atom stereocenters. The van der Waals surface area contributed by atoms with Crippen molar-refractivity contribution in [1.82, 2.24) is 9.80 Å². The van der Waals surface area contributed by atoms with E-state index < -0.39 is 12.1 Å². The Morgan fingerprint density at radius 1 is 0.411 bits per heavy atom. The Morgan fingerprint density at radius 2 is 0.804 bits per heavy atom. The number of carbonyl (C=O) groups is 4. The molecule has 268 valence electrons. The highest BCUT2D eigenvalue weighted by atomic mass is 32.1. The van der Waals surface area contributed by atoms with Gasteiger partial charge in [-0.05, 0) is 137 Å². The summed E-state index contributed by atoms with van der Waals surface area (Å²) in [6, 6.07) is 34.0. The normalized spacial score (nSPS) is 15.2. The molecule has 0 fully saturated rings. The van der Waals surface area contributed by atoms with Gasteiger partial charge in [0.2, 0.25) is 0 Å². The maximum Gasteiger partial charge on any atom is 0.261 e. The van der Waals surface area contributed by atoms with Gasteiger partial charge in [-0.25, -0.2) is 0 Å². The summed E-state index contributed by atoms with van der Waals surface area (Å²) in [6.45, 7) is 3.79. The predicted molar refractivity (Wildman–Crippen MR) is 225 cm³/mol. The van der Waals surface area contributed by atoms with Gasteiger partial charge in [-0.15, -0.1) is 0 Å². The highest BCUT2D eigenvalue weighted by molar-refractivity contribution is 7.08. The lowest BCUT2D eigenvalue weighted by molar-refractivity contribution is 0.0534. The van der Waals surface area contributed by atoms with Crippen LogP contribution in [0.4, 0.5) is 0 Å². The molecule has 8 heteroatoms. The van der Waals surface area contributed by atoms with E-state index in [0.29, 0.717) is 33.0 Å². The van der Waals surface area contributed by atoms with Crippen molar-refractivity contribution in [3.8, 4) is 22.3 Å². The molecule has 4 amide bonds. The molecule has 0 radical (unpaired) electrons. The molecule has 56 heavy (non-hydrogen) atoms. The Hall–Kier alpha value is -6.48. The van der Waals surface area contributed by atoms with Crippen molar-refractivity contribution in [2.75, 3.05) is 0 Å². The Balaban J connectivity index is 1.27. The smallest absolute Gasteiger partial charge is 0.261 e. The minimum atomic E-state index is -0.488. The lowest BCUT2D eigenvalue weighted by Gasteiger charge is -2.35. The van der Waals surface area contributed by atoms with E-state index in [0.717, 1.165) is 65.7 Å². The SMILES string of the molecule is C[C@@H](c1ccccc1)N1C(=O)c2ccc3c4c(-c5ccsc5)cc5c6c(ccc(c7c(-c8ccsc8)cc(c2c37)C1=O)c64)C(=O)N([C@@H](C)c1ccccc1)C5=O. The molecule has 7 aromatic carbocycles. The molecule has 2 aromatic heterocycles. The molecule has 0 aliphatic carbocycles. The zero-order valence-electron chi connectivity index (χ0n) is 30.2. The second kappa shape index (κ2) is 12.0. The van der Waals surface area contributed by atoms with Gasteiger partial charge in [0.1, 0.15) is 0 Å². The topological polar surface area (TPSA) is 74.8 Å². The summed E-state index contributed by atoms with van der Waals surface area (Å²) in [5.41, 5.74) is 7.26. The summed E-state index contributed by atoms with van der Waals surface area (Å²) < 4.78 is 0. The van der Waals surface area contributed by atoms with Gasteiger partial charge in [-0.2, -0.15) is 22.7 Å². The third-order valence-corrected chi connectivity index (χ3v) is 13.3. The highest BCUT2D eigenvalue weighted by Crippen LogP contribution is 2.52. The van der Waals surface area contributed by atoms with Crippen LogP contribution in [0.5, 0.6) is 0 Å². The quantitative estimate of drug-likeness (QED) is 0.0960. The zero-order valence-corrected chi connectivity index (χ0v) is 31.8. The highest BCUT2D eigenvalue weighted by Gasteiger charge is 2.41. The lowest BCUT2D eigenvalue weighted by Crippen LogP contribution is -2.42. The van der Waals surface area contributed by atoms with Crippen molar-refractivity contribution in [2.45, 2.75) is 25.9 Å². The Morgan fingerprint density at radius 3 is 1.18 bits per heavy atom. The van der Waals surface area contributed by atoms with E-state index in [2.05, 4.69) is 22.9 Å². The second-order valence-electron chi connectivity index (χ2n) is 14.7. The number of imide groups is 2. The maximum atomic E-state index is 14.8. The van der Waals surface area contributed by atoms with E-state index in [1.165, 1.54) is 9.80 Å². The van der Waals surface area contributed by atoms with Crippen molar-refractivity contribution < 1.29 is 19.2 Å². The van der Waals surface area contributed by atoms with Crippen LogP contribution in [0.25, 0.3) is 65.3 Å². The molecular weight excluding hydrogens is 733 g/mol. The van der Waals surface area contributed by atoms with E-state index in [9.17, 15) is 19.2 Å². The zero-order chi connectivity index (χ0) is 38.0. The van der Waals surface area contributed by atoms with E-state index in [1.807, 2.05) is 122 Å². The molecule has 11 rings (SSSR count). The number of carbonyl (C=O) groups excluding carboxylic acids is 4. The van der Waals surface area contributed by atoms with Gasteiger partial charge in [0.25, 0.3) is 23.6 Å². The minimum Gasteiger partial charge on any atom is -0.269 e. The molecule has 0 unspecified atom stereocenters. The van der Waals surface area contributed by atoms with Crippen molar-refractivity contribution >= 4 is 89.4 Å². The summed E-state index contributed by atoms with van der Waals surface area (Å²) >= 11 is 3.14. The Kier molecular flexibility index (Phi) is 7.06. The number of thiophene rings is 2. The first kappa shape index (κ1) is 32.9. The molecule has 0 saturated heterocycles. The number of rotatable bonds is 6. The summed E-state index contributed by atoms with van der Waals surface area (Å²) in [5.74, 6) is -1.34. The van der Waals surface area contributed by atoms with Crippen molar-refractivity contribution in [3.63, 3.8) is 0 Å². The largest absolute Gasteiger partial charge is 0.269 e. The van der Waals surface area contributed by atoms with Crippen molar-refractivity contribution in [1.29, 1.82) is 0 Å².